The van der Waals surface area contributed by atoms with Gasteiger partial charge in [-0.25, -0.2) is 13.2 Å². The molecule has 0 aromatic heterocycles. The van der Waals surface area contributed by atoms with E-state index < -0.39 is 17.3 Å². The highest BCUT2D eigenvalue weighted by Gasteiger charge is 2.53. The van der Waals surface area contributed by atoms with Gasteiger partial charge in [-0.3, -0.25) is 0 Å². The number of hydrogen-bond acceptors (Lipinski definition) is 1. The number of halogens is 3. The monoisotopic (exact) mass is 229 g/mol. The molecule has 0 radical (unpaired) electrons. The van der Waals surface area contributed by atoms with Gasteiger partial charge in [-0.1, -0.05) is 18.6 Å². The van der Waals surface area contributed by atoms with E-state index in [1.54, 1.807) is 0 Å². The maximum atomic E-state index is 13.8. The fourth-order valence-electron chi connectivity index (χ4n) is 2.28. The molecular formula is C12H14F3N. The zero-order chi connectivity index (χ0) is 11.8. The lowest BCUT2D eigenvalue weighted by Gasteiger charge is -2.41. The molecule has 2 rings (SSSR count). The van der Waals surface area contributed by atoms with Crippen LogP contribution < -0.4 is 5.73 Å². The standard InChI is InChI=1S/C12H14F3N/c13-10-5-3-4-9(8-10)11(16)6-1-2-7-12(11,14)15/h3-5,8H,1-2,6-7,16H2/t11-/m0/s1. The van der Waals surface area contributed by atoms with Gasteiger partial charge in [0.2, 0.25) is 0 Å². The lowest BCUT2D eigenvalue weighted by Crippen LogP contribution is -2.54. The first-order chi connectivity index (χ1) is 7.46. The van der Waals surface area contributed by atoms with Crippen LogP contribution in [0.25, 0.3) is 0 Å². The summed E-state index contributed by atoms with van der Waals surface area (Å²) in [4.78, 5) is 0. The molecule has 1 nitrogen and oxygen atoms in total. The number of nitrogens with two attached hydrogens (primary N) is 1. The average Bonchev–Trinajstić information content (AvgIpc) is 2.22. The van der Waals surface area contributed by atoms with E-state index in [0.717, 1.165) is 6.07 Å². The van der Waals surface area contributed by atoms with Crippen molar-refractivity contribution >= 4 is 0 Å². The SMILES string of the molecule is N[C@]1(c2cccc(F)c2)CCCCC1(F)F. The van der Waals surface area contributed by atoms with Crippen molar-refractivity contribution in [2.45, 2.75) is 37.1 Å². The van der Waals surface area contributed by atoms with Crippen LogP contribution in [0.3, 0.4) is 0 Å². The van der Waals surface area contributed by atoms with Gasteiger partial charge in [0.1, 0.15) is 11.4 Å². The first kappa shape index (κ1) is 11.5. The van der Waals surface area contributed by atoms with Crippen molar-refractivity contribution < 1.29 is 13.2 Å². The Bertz CT molecular complexity index is 392. The zero-order valence-electron chi connectivity index (χ0n) is 8.85. The second-order valence-electron chi connectivity index (χ2n) is 4.39. The minimum absolute atomic E-state index is 0.192. The molecule has 0 unspecified atom stereocenters. The number of hydrogen-bond donors (Lipinski definition) is 1. The number of alkyl halides is 2. The number of rotatable bonds is 1. The molecule has 0 amide bonds. The Balaban J connectivity index is 2.43. The van der Waals surface area contributed by atoms with Crippen molar-refractivity contribution in [1.82, 2.24) is 0 Å². The highest BCUT2D eigenvalue weighted by atomic mass is 19.3. The first-order valence-corrected chi connectivity index (χ1v) is 5.38. The van der Waals surface area contributed by atoms with Gasteiger partial charge in [-0.15, -0.1) is 0 Å². The lowest BCUT2D eigenvalue weighted by molar-refractivity contribution is -0.105. The third kappa shape index (κ3) is 1.71. The van der Waals surface area contributed by atoms with Gasteiger partial charge < -0.3 is 5.73 Å². The highest BCUT2D eigenvalue weighted by Crippen LogP contribution is 2.46. The van der Waals surface area contributed by atoms with Crippen LogP contribution in [0.1, 0.15) is 31.2 Å². The molecule has 4 heteroatoms. The molecule has 0 aliphatic heterocycles. The molecule has 1 aliphatic rings. The predicted molar refractivity (Wildman–Crippen MR) is 55.7 cm³/mol. The molecule has 88 valence electrons. The largest absolute Gasteiger partial charge is 0.316 e. The summed E-state index contributed by atoms with van der Waals surface area (Å²) >= 11 is 0. The minimum atomic E-state index is -2.96. The third-order valence-corrected chi connectivity index (χ3v) is 3.30. The van der Waals surface area contributed by atoms with Gasteiger partial charge in [-0.05, 0) is 30.5 Å². The van der Waals surface area contributed by atoms with Crippen LogP contribution in [0.4, 0.5) is 13.2 Å². The van der Waals surface area contributed by atoms with Gasteiger partial charge in [0.05, 0.1) is 0 Å². The molecule has 16 heavy (non-hydrogen) atoms. The molecular weight excluding hydrogens is 215 g/mol. The fourth-order valence-corrected chi connectivity index (χ4v) is 2.28. The predicted octanol–water partition coefficient (Wildman–Crippen LogP) is 3.19. The Morgan fingerprint density at radius 3 is 2.44 bits per heavy atom. The minimum Gasteiger partial charge on any atom is -0.316 e. The molecule has 1 saturated carbocycles. The van der Waals surface area contributed by atoms with Crippen molar-refractivity contribution in [3.63, 3.8) is 0 Å². The van der Waals surface area contributed by atoms with Crippen molar-refractivity contribution in [2.75, 3.05) is 0 Å². The summed E-state index contributed by atoms with van der Waals surface area (Å²) in [6, 6.07) is 5.24. The van der Waals surface area contributed by atoms with Crippen LogP contribution in [0, 0.1) is 5.82 Å². The highest BCUT2D eigenvalue weighted by molar-refractivity contribution is 5.28. The molecule has 1 aliphatic carbocycles. The second kappa shape index (κ2) is 3.77. The second-order valence-corrected chi connectivity index (χ2v) is 4.39. The van der Waals surface area contributed by atoms with E-state index >= 15 is 0 Å². The van der Waals surface area contributed by atoms with E-state index in [1.807, 2.05) is 0 Å². The lowest BCUT2D eigenvalue weighted by atomic mass is 9.74. The molecule has 0 heterocycles. The molecule has 1 aromatic rings. The van der Waals surface area contributed by atoms with Gasteiger partial charge in [0.15, 0.2) is 0 Å². The van der Waals surface area contributed by atoms with Crippen LogP contribution in [0.2, 0.25) is 0 Å². The molecule has 1 aromatic carbocycles. The average molecular weight is 229 g/mol. The van der Waals surface area contributed by atoms with Crippen molar-refractivity contribution in [3.05, 3.63) is 35.6 Å². The van der Waals surface area contributed by atoms with E-state index in [9.17, 15) is 13.2 Å². The Hall–Kier alpha value is -1.03. The van der Waals surface area contributed by atoms with Gasteiger partial charge >= 0.3 is 0 Å². The maximum Gasteiger partial charge on any atom is 0.269 e. The zero-order valence-corrected chi connectivity index (χ0v) is 8.85. The molecule has 1 fully saturated rings. The van der Waals surface area contributed by atoms with E-state index in [0.29, 0.717) is 12.8 Å². The quantitative estimate of drug-likeness (QED) is 0.786. The Morgan fingerprint density at radius 2 is 1.81 bits per heavy atom. The van der Waals surface area contributed by atoms with Gasteiger partial charge in [0, 0.05) is 6.42 Å². The fraction of sp³-hybridized carbons (Fsp3) is 0.500. The summed E-state index contributed by atoms with van der Waals surface area (Å²) in [5, 5.41) is 0. The number of benzene rings is 1. The van der Waals surface area contributed by atoms with E-state index in [-0.39, 0.29) is 18.4 Å². The molecule has 0 spiro atoms. The van der Waals surface area contributed by atoms with Crippen LogP contribution in [0.15, 0.2) is 24.3 Å². The Morgan fingerprint density at radius 1 is 1.12 bits per heavy atom. The van der Waals surface area contributed by atoms with E-state index in [4.69, 9.17) is 5.73 Å². The Labute approximate surface area is 92.5 Å². The summed E-state index contributed by atoms with van der Waals surface area (Å²) in [5.74, 6) is -3.48. The molecule has 1 atom stereocenters. The van der Waals surface area contributed by atoms with Crippen LogP contribution in [-0.2, 0) is 5.54 Å². The summed E-state index contributed by atoms with van der Waals surface area (Å²) < 4.78 is 40.7. The van der Waals surface area contributed by atoms with Crippen LogP contribution in [-0.4, -0.2) is 5.92 Å². The van der Waals surface area contributed by atoms with Gasteiger partial charge in [0.25, 0.3) is 5.92 Å². The van der Waals surface area contributed by atoms with Crippen LogP contribution >= 0.6 is 0 Å². The topological polar surface area (TPSA) is 26.0 Å². The summed E-state index contributed by atoms with van der Waals surface area (Å²) in [6.07, 6.45) is 1.10. The third-order valence-electron chi connectivity index (χ3n) is 3.30. The van der Waals surface area contributed by atoms with Crippen molar-refractivity contribution in [3.8, 4) is 0 Å². The van der Waals surface area contributed by atoms with Crippen molar-refractivity contribution in [1.29, 1.82) is 0 Å². The summed E-state index contributed by atoms with van der Waals surface area (Å²) in [7, 11) is 0. The van der Waals surface area contributed by atoms with E-state index in [1.165, 1.54) is 18.2 Å². The van der Waals surface area contributed by atoms with Gasteiger partial charge in [-0.2, -0.15) is 0 Å². The normalized spacial score (nSPS) is 29.0. The smallest absolute Gasteiger partial charge is 0.269 e. The summed E-state index contributed by atoms with van der Waals surface area (Å²) in [6.45, 7) is 0. The summed E-state index contributed by atoms with van der Waals surface area (Å²) in [5.41, 5.74) is 4.29. The van der Waals surface area contributed by atoms with E-state index in [2.05, 4.69) is 0 Å². The van der Waals surface area contributed by atoms with Crippen LogP contribution in [0.5, 0.6) is 0 Å². The molecule has 0 bridgehead atoms. The molecule has 0 saturated heterocycles. The first-order valence-electron chi connectivity index (χ1n) is 5.38. The molecule has 2 N–H and O–H groups in total. The maximum absolute atomic E-state index is 13.8. The van der Waals surface area contributed by atoms with Crippen molar-refractivity contribution in [2.24, 2.45) is 5.73 Å². The Kier molecular flexibility index (Phi) is 2.70.